The molecule has 1 saturated heterocycles. The van der Waals surface area contributed by atoms with Crippen LogP contribution in [0.4, 0.5) is 17.1 Å². The standard InChI is InChI=1S/C14H19N3O/c1-9-4-5-17(8-9)13-6-10-2-3-14(18)16-12(10)7-11(13)15/h6-7,9H,2-5,8,15H2,1H3,(H,16,18). The molecular formula is C14H19N3O. The molecule has 3 rings (SSSR count). The Morgan fingerprint density at radius 2 is 2.22 bits per heavy atom. The third kappa shape index (κ3) is 1.92. The van der Waals surface area contributed by atoms with Crippen molar-refractivity contribution in [2.24, 2.45) is 5.92 Å². The van der Waals surface area contributed by atoms with Gasteiger partial charge in [0, 0.05) is 25.2 Å². The molecule has 1 amide bonds. The van der Waals surface area contributed by atoms with Gasteiger partial charge in [0.25, 0.3) is 0 Å². The molecule has 4 nitrogen and oxygen atoms in total. The van der Waals surface area contributed by atoms with Gasteiger partial charge < -0.3 is 16.0 Å². The summed E-state index contributed by atoms with van der Waals surface area (Å²) >= 11 is 0. The summed E-state index contributed by atoms with van der Waals surface area (Å²) in [5, 5.41) is 2.89. The second-order valence-corrected chi connectivity index (χ2v) is 5.46. The predicted molar refractivity (Wildman–Crippen MR) is 73.8 cm³/mol. The van der Waals surface area contributed by atoms with Crippen LogP contribution in [0.15, 0.2) is 12.1 Å². The van der Waals surface area contributed by atoms with Crippen LogP contribution in [0.1, 0.15) is 25.3 Å². The van der Waals surface area contributed by atoms with Gasteiger partial charge >= 0.3 is 0 Å². The van der Waals surface area contributed by atoms with Crippen LogP contribution in [0, 0.1) is 5.92 Å². The second kappa shape index (κ2) is 4.19. The summed E-state index contributed by atoms with van der Waals surface area (Å²) in [5.41, 5.74) is 10.1. The number of nitrogens with two attached hydrogens (primary N) is 1. The fourth-order valence-corrected chi connectivity index (χ4v) is 2.86. The lowest BCUT2D eigenvalue weighted by Gasteiger charge is -2.24. The van der Waals surface area contributed by atoms with Crippen LogP contribution < -0.4 is 16.0 Å². The first-order chi connectivity index (χ1) is 8.63. The molecule has 96 valence electrons. The zero-order chi connectivity index (χ0) is 12.7. The number of carbonyl (C=O) groups excluding carboxylic acids is 1. The van der Waals surface area contributed by atoms with Crippen molar-refractivity contribution in [3.05, 3.63) is 17.7 Å². The van der Waals surface area contributed by atoms with E-state index in [9.17, 15) is 4.79 Å². The van der Waals surface area contributed by atoms with Gasteiger partial charge in [-0.05, 0) is 36.5 Å². The van der Waals surface area contributed by atoms with Crippen LogP contribution in [0.5, 0.6) is 0 Å². The summed E-state index contributed by atoms with van der Waals surface area (Å²) in [6, 6.07) is 4.06. The number of carbonyl (C=O) groups is 1. The molecule has 1 fully saturated rings. The highest BCUT2D eigenvalue weighted by Crippen LogP contribution is 2.35. The normalized spacial score (nSPS) is 22.8. The van der Waals surface area contributed by atoms with E-state index in [1.165, 1.54) is 12.0 Å². The van der Waals surface area contributed by atoms with Crippen LogP contribution in [-0.4, -0.2) is 19.0 Å². The van der Waals surface area contributed by atoms with Crippen molar-refractivity contribution >= 4 is 23.0 Å². The highest BCUT2D eigenvalue weighted by molar-refractivity contribution is 5.95. The predicted octanol–water partition coefficient (Wildman–Crippen LogP) is 2.00. The Labute approximate surface area is 107 Å². The Morgan fingerprint density at radius 3 is 2.94 bits per heavy atom. The number of nitrogens with zero attached hydrogens (tertiary/aromatic N) is 1. The molecule has 1 unspecified atom stereocenters. The van der Waals surface area contributed by atoms with Crippen molar-refractivity contribution in [1.82, 2.24) is 0 Å². The van der Waals surface area contributed by atoms with Crippen LogP contribution in [0.3, 0.4) is 0 Å². The Bertz CT molecular complexity index is 498. The number of nitrogens with one attached hydrogen (secondary N) is 1. The number of rotatable bonds is 1. The lowest BCUT2D eigenvalue weighted by molar-refractivity contribution is -0.116. The smallest absolute Gasteiger partial charge is 0.224 e. The van der Waals surface area contributed by atoms with E-state index in [4.69, 9.17) is 5.73 Å². The zero-order valence-electron chi connectivity index (χ0n) is 10.7. The van der Waals surface area contributed by atoms with Gasteiger partial charge in [-0.3, -0.25) is 4.79 Å². The number of anilines is 3. The molecule has 0 aromatic heterocycles. The first-order valence-electron chi connectivity index (χ1n) is 6.60. The molecule has 2 aliphatic heterocycles. The van der Waals surface area contributed by atoms with Gasteiger partial charge in [0.1, 0.15) is 0 Å². The van der Waals surface area contributed by atoms with Gasteiger partial charge in [-0.1, -0.05) is 6.92 Å². The summed E-state index contributed by atoms with van der Waals surface area (Å²) in [5.74, 6) is 0.824. The molecule has 0 radical (unpaired) electrons. The van der Waals surface area contributed by atoms with E-state index in [0.29, 0.717) is 6.42 Å². The second-order valence-electron chi connectivity index (χ2n) is 5.46. The number of hydrogen-bond acceptors (Lipinski definition) is 3. The quantitative estimate of drug-likeness (QED) is 0.744. The maximum atomic E-state index is 11.4. The average Bonchev–Trinajstić information content (AvgIpc) is 2.74. The van der Waals surface area contributed by atoms with E-state index in [-0.39, 0.29) is 5.91 Å². The Balaban J connectivity index is 1.94. The van der Waals surface area contributed by atoms with Crippen LogP contribution in [0.25, 0.3) is 0 Å². The molecule has 0 aliphatic carbocycles. The van der Waals surface area contributed by atoms with Gasteiger partial charge in [0.2, 0.25) is 5.91 Å². The van der Waals surface area contributed by atoms with Crippen molar-refractivity contribution in [1.29, 1.82) is 0 Å². The Kier molecular flexibility index (Phi) is 2.65. The number of hydrogen-bond donors (Lipinski definition) is 2. The molecule has 18 heavy (non-hydrogen) atoms. The van der Waals surface area contributed by atoms with Gasteiger partial charge in [-0.15, -0.1) is 0 Å². The van der Waals surface area contributed by atoms with Crippen molar-refractivity contribution in [3.63, 3.8) is 0 Å². The molecular weight excluding hydrogens is 226 g/mol. The molecule has 2 aliphatic rings. The fraction of sp³-hybridized carbons (Fsp3) is 0.500. The van der Waals surface area contributed by atoms with Crippen molar-refractivity contribution in [3.8, 4) is 0 Å². The number of benzene rings is 1. The molecule has 0 spiro atoms. The van der Waals surface area contributed by atoms with Gasteiger partial charge in [0.05, 0.1) is 11.4 Å². The Hall–Kier alpha value is -1.71. The van der Waals surface area contributed by atoms with Crippen molar-refractivity contribution < 1.29 is 4.79 Å². The molecule has 1 aromatic carbocycles. The molecule has 0 saturated carbocycles. The molecule has 4 heteroatoms. The number of aryl methyl sites for hydroxylation is 1. The van der Waals surface area contributed by atoms with E-state index in [1.807, 2.05) is 6.07 Å². The van der Waals surface area contributed by atoms with E-state index in [2.05, 4.69) is 23.2 Å². The lowest BCUT2D eigenvalue weighted by Crippen LogP contribution is -2.23. The summed E-state index contributed by atoms with van der Waals surface area (Å²) < 4.78 is 0. The molecule has 3 N–H and O–H groups in total. The van der Waals surface area contributed by atoms with Gasteiger partial charge in [-0.2, -0.15) is 0 Å². The summed E-state index contributed by atoms with van der Waals surface area (Å²) in [7, 11) is 0. The van der Waals surface area contributed by atoms with Crippen molar-refractivity contribution in [2.45, 2.75) is 26.2 Å². The minimum Gasteiger partial charge on any atom is -0.397 e. The number of nitrogen functional groups attached to an aromatic ring is 1. The molecule has 1 aromatic rings. The van der Waals surface area contributed by atoms with Crippen molar-refractivity contribution in [2.75, 3.05) is 29.0 Å². The highest BCUT2D eigenvalue weighted by Gasteiger charge is 2.23. The first-order valence-corrected chi connectivity index (χ1v) is 6.60. The van der Waals surface area contributed by atoms with Gasteiger partial charge in [-0.25, -0.2) is 0 Å². The summed E-state index contributed by atoms with van der Waals surface area (Å²) in [6.45, 7) is 4.43. The zero-order valence-corrected chi connectivity index (χ0v) is 10.7. The number of amides is 1. The van der Waals surface area contributed by atoms with E-state index >= 15 is 0 Å². The maximum absolute atomic E-state index is 11.4. The van der Waals surface area contributed by atoms with E-state index < -0.39 is 0 Å². The molecule has 1 atom stereocenters. The first kappa shape index (κ1) is 11.4. The highest BCUT2D eigenvalue weighted by atomic mass is 16.1. The topological polar surface area (TPSA) is 58.4 Å². The van der Waals surface area contributed by atoms with Crippen LogP contribution in [-0.2, 0) is 11.2 Å². The third-order valence-electron chi connectivity index (χ3n) is 3.91. The van der Waals surface area contributed by atoms with E-state index in [0.717, 1.165) is 42.5 Å². The third-order valence-corrected chi connectivity index (χ3v) is 3.91. The van der Waals surface area contributed by atoms with Gasteiger partial charge in [0.15, 0.2) is 0 Å². The van der Waals surface area contributed by atoms with Crippen LogP contribution in [0.2, 0.25) is 0 Å². The summed E-state index contributed by atoms with van der Waals surface area (Å²) in [6.07, 6.45) is 2.62. The number of fused-ring (bicyclic) bond motifs is 1. The minimum absolute atomic E-state index is 0.0874. The lowest BCUT2D eigenvalue weighted by atomic mass is 10.0. The molecule has 2 heterocycles. The SMILES string of the molecule is CC1CCN(c2cc3c(cc2N)NC(=O)CC3)C1. The molecule has 0 bridgehead atoms. The average molecular weight is 245 g/mol. The Morgan fingerprint density at radius 1 is 1.39 bits per heavy atom. The monoisotopic (exact) mass is 245 g/mol. The summed E-state index contributed by atoms with van der Waals surface area (Å²) in [4.78, 5) is 13.7. The largest absolute Gasteiger partial charge is 0.397 e. The fourth-order valence-electron chi connectivity index (χ4n) is 2.86. The maximum Gasteiger partial charge on any atom is 0.224 e. The minimum atomic E-state index is 0.0874. The van der Waals surface area contributed by atoms with Crippen LogP contribution >= 0.6 is 0 Å². The van der Waals surface area contributed by atoms with E-state index in [1.54, 1.807) is 0 Å².